The van der Waals surface area contributed by atoms with E-state index in [1.54, 1.807) is 0 Å². The number of hydrogen-bond acceptors (Lipinski definition) is 3. The van der Waals surface area contributed by atoms with Crippen molar-refractivity contribution in [3.8, 4) is 0 Å². The molecule has 0 N–H and O–H groups in total. The fourth-order valence-corrected chi connectivity index (χ4v) is 1.41. The minimum atomic E-state index is -0.387. The molecule has 0 aromatic rings. The molecule has 0 aromatic heterocycles. The summed E-state index contributed by atoms with van der Waals surface area (Å²) in [6.07, 6.45) is 6.02. The first-order chi connectivity index (χ1) is 7.74. The lowest BCUT2D eigenvalue weighted by molar-refractivity contribution is -0.139. The molecule has 0 saturated heterocycles. The number of carbonyl (C=O) groups excluding carboxylic acids is 1. The normalized spacial score (nSPS) is 12.1. The van der Waals surface area contributed by atoms with Crippen molar-refractivity contribution in [1.82, 2.24) is 0 Å². The molecule has 0 heterocycles. The van der Waals surface area contributed by atoms with Crippen molar-refractivity contribution in [3.63, 3.8) is 0 Å². The summed E-state index contributed by atoms with van der Waals surface area (Å²) in [6, 6.07) is 0. The van der Waals surface area contributed by atoms with E-state index in [4.69, 9.17) is 9.47 Å². The SMILES string of the molecule is C=CC(=O)OCCOC[C@@H](CC)CCCC. The molecule has 3 nitrogen and oxygen atoms in total. The summed E-state index contributed by atoms with van der Waals surface area (Å²) in [7, 11) is 0. The Morgan fingerprint density at radius 1 is 1.38 bits per heavy atom. The first-order valence-electron chi connectivity index (χ1n) is 6.11. The molecule has 1 atom stereocenters. The highest BCUT2D eigenvalue weighted by Crippen LogP contribution is 2.12. The fraction of sp³-hybridized carbons (Fsp3) is 0.769. The van der Waals surface area contributed by atoms with Crippen LogP contribution in [0.4, 0.5) is 0 Å². The summed E-state index contributed by atoms with van der Waals surface area (Å²) in [5.41, 5.74) is 0. The van der Waals surface area contributed by atoms with Crippen LogP contribution in [0.2, 0.25) is 0 Å². The Balaban J connectivity index is 3.40. The van der Waals surface area contributed by atoms with Gasteiger partial charge in [-0.2, -0.15) is 0 Å². The molecule has 94 valence electrons. The number of ether oxygens (including phenoxy) is 2. The largest absolute Gasteiger partial charge is 0.460 e. The van der Waals surface area contributed by atoms with Gasteiger partial charge >= 0.3 is 5.97 Å². The molecule has 0 aromatic carbocycles. The third-order valence-electron chi connectivity index (χ3n) is 2.54. The van der Waals surface area contributed by atoms with Crippen LogP contribution in [0, 0.1) is 5.92 Å². The molecule has 0 saturated carbocycles. The Morgan fingerprint density at radius 3 is 2.69 bits per heavy atom. The molecule has 16 heavy (non-hydrogen) atoms. The molecule has 0 aliphatic carbocycles. The molecule has 0 aliphatic heterocycles. The van der Waals surface area contributed by atoms with Gasteiger partial charge < -0.3 is 9.47 Å². The van der Waals surface area contributed by atoms with E-state index in [2.05, 4.69) is 20.4 Å². The highest BCUT2D eigenvalue weighted by molar-refractivity contribution is 5.81. The van der Waals surface area contributed by atoms with Gasteiger partial charge in [-0.15, -0.1) is 0 Å². The second-order valence-electron chi connectivity index (χ2n) is 3.86. The minimum absolute atomic E-state index is 0.315. The number of esters is 1. The van der Waals surface area contributed by atoms with E-state index < -0.39 is 0 Å². The van der Waals surface area contributed by atoms with Crippen LogP contribution in [0.25, 0.3) is 0 Å². The molecular weight excluding hydrogens is 204 g/mol. The molecule has 0 spiro atoms. The third kappa shape index (κ3) is 8.48. The predicted octanol–water partition coefficient (Wildman–Crippen LogP) is 2.95. The topological polar surface area (TPSA) is 35.5 Å². The van der Waals surface area contributed by atoms with Crippen molar-refractivity contribution in [2.45, 2.75) is 39.5 Å². The van der Waals surface area contributed by atoms with Crippen molar-refractivity contribution in [3.05, 3.63) is 12.7 Å². The maximum atomic E-state index is 10.7. The van der Waals surface area contributed by atoms with Crippen molar-refractivity contribution in [2.75, 3.05) is 19.8 Å². The highest BCUT2D eigenvalue weighted by Gasteiger charge is 2.05. The molecule has 3 heteroatoms. The first kappa shape index (κ1) is 15.2. The van der Waals surface area contributed by atoms with Gasteiger partial charge in [-0.25, -0.2) is 4.79 Å². The molecule has 0 radical (unpaired) electrons. The molecule has 0 bridgehead atoms. The maximum Gasteiger partial charge on any atom is 0.330 e. The minimum Gasteiger partial charge on any atom is -0.460 e. The maximum absolute atomic E-state index is 10.7. The Hall–Kier alpha value is -0.830. The van der Waals surface area contributed by atoms with Crippen molar-refractivity contribution in [2.24, 2.45) is 5.92 Å². The Morgan fingerprint density at radius 2 is 2.12 bits per heavy atom. The van der Waals surface area contributed by atoms with Gasteiger partial charge in [0.25, 0.3) is 0 Å². The number of unbranched alkanes of at least 4 members (excludes halogenated alkanes) is 1. The van der Waals surface area contributed by atoms with Crippen LogP contribution >= 0.6 is 0 Å². The van der Waals surface area contributed by atoms with Gasteiger partial charge in [0, 0.05) is 12.7 Å². The lowest BCUT2D eigenvalue weighted by atomic mass is 10.0. The van der Waals surface area contributed by atoms with E-state index in [1.807, 2.05) is 0 Å². The zero-order chi connectivity index (χ0) is 12.2. The van der Waals surface area contributed by atoms with E-state index in [0.29, 0.717) is 19.1 Å². The molecule has 0 rings (SSSR count). The van der Waals surface area contributed by atoms with Gasteiger partial charge in [0.1, 0.15) is 6.61 Å². The average molecular weight is 228 g/mol. The van der Waals surface area contributed by atoms with Gasteiger partial charge in [0.15, 0.2) is 0 Å². The van der Waals surface area contributed by atoms with Crippen molar-refractivity contribution < 1.29 is 14.3 Å². The second-order valence-corrected chi connectivity index (χ2v) is 3.86. The van der Waals surface area contributed by atoms with Gasteiger partial charge in [0.2, 0.25) is 0 Å². The molecule has 0 amide bonds. The van der Waals surface area contributed by atoms with Crippen LogP contribution in [-0.4, -0.2) is 25.8 Å². The number of carbonyl (C=O) groups is 1. The molecule has 0 fully saturated rings. The van der Waals surface area contributed by atoms with Crippen LogP contribution in [0.5, 0.6) is 0 Å². The van der Waals surface area contributed by atoms with Crippen LogP contribution in [0.1, 0.15) is 39.5 Å². The third-order valence-corrected chi connectivity index (χ3v) is 2.54. The molecular formula is C13H24O3. The summed E-state index contributed by atoms with van der Waals surface area (Å²) < 4.78 is 10.3. The zero-order valence-corrected chi connectivity index (χ0v) is 10.5. The highest BCUT2D eigenvalue weighted by atomic mass is 16.6. The monoisotopic (exact) mass is 228 g/mol. The van der Waals surface area contributed by atoms with E-state index in [9.17, 15) is 4.79 Å². The van der Waals surface area contributed by atoms with E-state index >= 15 is 0 Å². The van der Waals surface area contributed by atoms with Gasteiger partial charge in [0.05, 0.1) is 6.61 Å². The first-order valence-corrected chi connectivity index (χ1v) is 6.11. The standard InChI is InChI=1S/C13H24O3/c1-4-7-8-12(5-2)11-15-9-10-16-13(14)6-3/h6,12H,3-5,7-11H2,1-2H3/t12-/m0/s1. The molecule has 0 unspecified atom stereocenters. The number of rotatable bonds is 10. The van der Waals surface area contributed by atoms with Crippen LogP contribution in [0.3, 0.4) is 0 Å². The summed E-state index contributed by atoms with van der Waals surface area (Å²) in [5.74, 6) is 0.247. The smallest absolute Gasteiger partial charge is 0.330 e. The number of hydrogen-bond donors (Lipinski definition) is 0. The average Bonchev–Trinajstić information content (AvgIpc) is 2.32. The lowest BCUT2D eigenvalue weighted by Gasteiger charge is -2.14. The summed E-state index contributed by atoms with van der Waals surface area (Å²) in [6.45, 7) is 9.25. The van der Waals surface area contributed by atoms with Crippen molar-refractivity contribution in [1.29, 1.82) is 0 Å². The Bertz CT molecular complexity index is 190. The lowest BCUT2D eigenvalue weighted by Crippen LogP contribution is -2.13. The Kier molecular flexibility index (Phi) is 10.1. The van der Waals surface area contributed by atoms with Gasteiger partial charge in [-0.1, -0.05) is 39.7 Å². The predicted molar refractivity (Wildman–Crippen MR) is 65.3 cm³/mol. The summed E-state index contributed by atoms with van der Waals surface area (Å²) in [5, 5.41) is 0. The van der Waals surface area contributed by atoms with Crippen LogP contribution < -0.4 is 0 Å². The van der Waals surface area contributed by atoms with Gasteiger partial charge in [-0.05, 0) is 12.3 Å². The summed E-state index contributed by atoms with van der Waals surface area (Å²) in [4.78, 5) is 10.7. The van der Waals surface area contributed by atoms with Crippen LogP contribution in [0.15, 0.2) is 12.7 Å². The molecule has 0 aliphatic rings. The summed E-state index contributed by atoms with van der Waals surface area (Å²) >= 11 is 0. The Labute approximate surface area is 98.8 Å². The van der Waals surface area contributed by atoms with E-state index in [-0.39, 0.29) is 5.97 Å². The fourth-order valence-electron chi connectivity index (χ4n) is 1.41. The van der Waals surface area contributed by atoms with E-state index in [1.165, 1.54) is 19.3 Å². The van der Waals surface area contributed by atoms with Crippen LogP contribution in [-0.2, 0) is 14.3 Å². The van der Waals surface area contributed by atoms with E-state index in [0.717, 1.165) is 19.1 Å². The zero-order valence-electron chi connectivity index (χ0n) is 10.5. The second kappa shape index (κ2) is 10.7. The quantitative estimate of drug-likeness (QED) is 0.327. The van der Waals surface area contributed by atoms with Gasteiger partial charge in [-0.3, -0.25) is 0 Å². The van der Waals surface area contributed by atoms with Crippen molar-refractivity contribution >= 4 is 5.97 Å².